The Morgan fingerprint density at radius 1 is 1.25 bits per heavy atom. The summed E-state index contributed by atoms with van der Waals surface area (Å²) < 4.78 is 5.34. The Hall–Kier alpha value is -1.43. The van der Waals surface area contributed by atoms with Gasteiger partial charge in [-0.3, -0.25) is 9.69 Å². The Morgan fingerprint density at radius 2 is 2.04 bits per heavy atom. The quantitative estimate of drug-likeness (QED) is 0.778. The first-order valence-electron chi connectivity index (χ1n) is 9.22. The maximum absolute atomic E-state index is 12.2. The molecule has 2 saturated heterocycles. The summed E-state index contributed by atoms with van der Waals surface area (Å²) in [5.74, 6) is 0.620. The molecule has 0 radical (unpaired) electrons. The van der Waals surface area contributed by atoms with Gasteiger partial charge in [-0.1, -0.05) is 12.1 Å². The fourth-order valence-electron chi connectivity index (χ4n) is 3.47. The van der Waals surface area contributed by atoms with E-state index in [1.54, 1.807) is 0 Å². The molecule has 132 valence electrons. The molecule has 24 heavy (non-hydrogen) atoms. The van der Waals surface area contributed by atoms with Crippen molar-refractivity contribution in [2.75, 3.05) is 52.5 Å². The van der Waals surface area contributed by atoms with Crippen LogP contribution < -0.4 is 10.6 Å². The van der Waals surface area contributed by atoms with Crippen LogP contribution in [0.5, 0.6) is 0 Å². The van der Waals surface area contributed by atoms with E-state index >= 15 is 0 Å². The number of rotatable bonds is 6. The molecule has 3 rings (SSSR count). The van der Waals surface area contributed by atoms with Gasteiger partial charge in [-0.2, -0.15) is 0 Å². The summed E-state index contributed by atoms with van der Waals surface area (Å²) in [4.78, 5) is 14.6. The van der Waals surface area contributed by atoms with Crippen molar-refractivity contribution in [1.82, 2.24) is 15.5 Å². The third-order valence-electron chi connectivity index (χ3n) is 4.98. The van der Waals surface area contributed by atoms with Crippen LogP contribution in [0.25, 0.3) is 0 Å². The van der Waals surface area contributed by atoms with Crippen molar-refractivity contribution in [2.45, 2.75) is 25.2 Å². The molecule has 0 aliphatic carbocycles. The SMILES string of the molecule is O=C(NCCCN1CCOCC1)c1ccc([C@H]2CCCNC2)cc1. The molecule has 5 nitrogen and oxygen atoms in total. The van der Waals surface area contributed by atoms with Crippen molar-refractivity contribution in [3.63, 3.8) is 0 Å². The minimum atomic E-state index is 0.0327. The van der Waals surface area contributed by atoms with Crippen LogP contribution in [0.3, 0.4) is 0 Å². The molecule has 1 aromatic carbocycles. The number of hydrogen-bond donors (Lipinski definition) is 2. The Bertz CT molecular complexity index is 506. The maximum Gasteiger partial charge on any atom is 0.251 e. The van der Waals surface area contributed by atoms with E-state index in [4.69, 9.17) is 4.74 Å². The molecule has 0 saturated carbocycles. The third kappa shape index (κ3) is 5.03. The smallest absolute Gasteiger partial charge is 0.251 e. The van der Waals surface area contributed by atoms with Gasteiger partial charge in [0, 0.05) is 31.7 Å². The number of nitrogens with one attached hydrogen (secondary N) is 2. The second-order valence-corrected chi connectivity index (χ2v) is 6.73. The van der Waals surface area contributed by atoms with Gasteiger partial charge in [0.05, 0.1) is 13.2 Å². The molecule has 5 heteroatoms. The Labute approximate surface area is 144 Å². The normalized spacial score (nSPS) is 22.2. The highest BCUT2D eigenvalue weighted by Gasteiger charge is 2.15. The summed E-state index contributed by atoms with van der Waals surface area (Å²) in [6.07, 6.45) is 3.45. The number of hydrogen-bond acceptors (Lipinski definition) is 4. The van der Waals surface area contributed by atoms with E-state index in [9.17, 15) is 4.79 Å². The number of piperidine rings is 1. The zero-order valence-corrected chi connectivity index (χ0v) is 14.4. The van der Waals surface area contributed by atoms with Gasteiger partial charge in [0.25, 0.3) is 5.91 Å². The number of carbonyl (C=O) groups is 1. The minimum absolute atomic E-state index is 0.0327. The summed E-state index contributed by atoms with van der Waals surface area (Å²) >= 11 is 0. The number of ether oxygens (including phenoxy) is 1. The Kier molecular flexibility index (Phi) is 6.64. The van der Waals surface area contributed by atoms with Crippen LogP contribution in [0.2, 0.25) is 0 Å². The van der Waals surface area contributed by atoms with E-state index in [0.717, 1.165) is 64.5 Å². The standard InChI is InChI=1S/C19H29N3O2/c23-19(21-9-2-10-22-11-13-24-14-12-22)17-6-4-16(5-7-17)18-3-1-8-20-15-18/h4-7,18,20H,1-3,8-15H2,(H,21,23)/t18-/m0/s1. The van der Waals surface area contributed by atoms with Crippen LogP contribution in [-0.4, -0.2) is 63.3 Å². The maximum atomic E-state index is 12.2. The second kappa shape index (κ2) is 9.16. The topological polar surface area (TPSA) is 53.6 Å². The fourth-order valence-corrected chi connectivity index (χ4v) is 3.47. The average molecular weight is 331 g/mol. The van der Waals surface area contributed by atoms with Gasteiger partial charge in [-0.15, -0.1) is 0 Å². The van der Waals surface area contributed by atoms with Crippen molar-refractivity contribution in [1.29, 1.82) is 0 Å². The van der Waals surface area contributed by atoms with E-state index in [2.05, 4.69) is 27.7 Å². The first kappa shape index (κ1) is 17.4. The Morgan fingerprint density at radius 3 is 2.75 bits per heavy atom. The van der Waals surface area contributed by atoms with E-state index in [-0.39, 0.29) is 5.91 Å². The van der Waals surface area contributed by atoms with Crippen molar-refractivity contribution < 1.29 is 9.53 Å². The first-order valence-corrected chi connectivity index (χ1v) is 9.22. The van der Waals surface area contributed by atoms with Crippen LogP contribution in [0, 0.1) is 0 Å². The van der Waals surface area contributed by atoms with Crippen LogP contribution in [0.15, 0.2) is 24.3 Å². The molecular weight excluding hydrogens is 302 g/mol. The molecule has 2 N–H and O–H groups in total. The molecule has 1 amide bonds. The van der Waals surface area contributed by atoms with Gasteiger partial charge in [-0.25, -0.2) is 0 Å². The number of nitrogens with zero attached hydrogens (tertiary/aromatic N) is 1. The average Bonchev–Trinajstić information content (AvgIpc) is 2.67. The highest BCUT2D eigenvalue weighted by Crippen LogP contribution is 2.23. The van der Waals surface area contributed by atoms with Gasteiger partial charge >= 0.3 is 0 Å². The number of amides is 1. The largest absolute Gasteiger partial charge is 0.379 e. The number of carbonyl (C=O) groups excluding carboxylic acids is 1. The lowest BCUT2D eigenvalue weighted by molar-refractivity contribution is 0.0374. The monoisotopic (exact) mass is 331 g/mol. The lowest BCUT2D eigenvalue weighted by atomic mass is 9.91. The molecule has 1 aromatic rings. The molecule has 0 unspecified atom stereocenters. The zero-order chi connectivity index (χ0) is 16.6. The Balaban J connectivity index is 1.39. The fraction of sp³-hybridized carbons (Fsp3) is 0.632. The molecule has 2 heterocycles. The van der Waals surface area contributed by atoms with Crippen molar-refractivity contribution in [3.05, 3.63) is 35.4 Å². The third-order valence-corrected chi connectivity index (χ3v) is 4.98. The lowest BCUT2D eigenvalue weighted by Crippen LogP contribution is -2.38. The van der Waals surface area contributed by atoms with Gasteiger partial charge in [0.1, 0.15) is 0 Å². The summed E-state index contributed by atoms with van der Waals surface area (Å²) in [5.41, 5.74) is 2.10. The van der Waals surface area contributed by atoms with Crippen LogP contribution in [0.4, 0.5) is 0 Å². The van der Waals surface area contributed by atoms with E-state index in [0.29, 0.717) is 5.92 Å². The second-order valence-electron chi connectivity index (χ2n) is 6.73. The van der Waals surface area contributed by atoms with Gasteiger partial charge in [0.2, 0.25) is 0 Å². The molecule has 2 aliphatic heterocycles. The van der Waals surface area contributed by atoms with Crippen molar-refractivity contribution in [3.8, 4) is 0 Å². The lowest BCUT2D eigenvalue weighted by Gasteiger charge is -2.26. The van der Waals surface area contributed by atoms with Crippen LogP contribution in [0.1, 0.15) is 41.1 Å². The van der Waals surface area contributed by atoms with Crippen molar-refractivity contribution >= 4 is 5.91 Å². The van der Waals surface area contributed by atoms with E-state index in [1.165, 1.54) is 18.4 Å². The predicted octanol–water partition coefficient (Wildman–Crippen LogP) is 1.61. The highest BCUT2D eigenvalue weighted by molar-refractivity contribution is 5.94. The molecule has 1 atom stereocenters. The molecule has 0 bridgehead atoms. The molecule has 0 aromatic heterocycles. The zero-order valence-electron chi connectivity index (χ0n) is 14.4. The predicted molar refractivity (Wildman–Crippen MR) is 95.5 cm³/mol. The highest BCUT2D eigenvalue weighted by atomic mass is 16.5. The van der Waals surface area contributed by atoms with Gasteiger partial charge in [-0.05, 0) is 56.0 Å². The summed E-state index contributed by atoms with van der Waals surface area (Å²) in [7, 11) is 0. The van der Waals surface area contributed by atoms with Gasteiger partial charge < -0.3 is 15.4 Å². The summed E-state index contributed by atoms with van der Waals surface area (Å²) in [5, 5.41) is 6.47. The molecule has 2 fully saturated rings. The van der Waals surface area contributed by atoms with Crippen LogP contribution in [-0.2, 0) is 4.74 Å². The minimum Gasteiger partial charge on any atom is -0.379 e. The van der Waals surface area contributed by atoms with E-state index in [1.807, 2.05) is 12.1 Å². The number of benzene rings is 1. The molecule has 0 spiro atoms. The summed E-state index contributed by atoms with van der Waals surface area (Å²) in [6.45, 7) is 7.59. The molecule has 2 aliphatic rings. The molecular formula is C19H29N3O2. The number of morpholine rings is 1. The summed E-state index contributed by atoms with van der Waals surface area (Å²) in [6, 6.07) is 8.14. The first-order chi connectivity index (χ1) is 11.8. The van der Waals surface area contributed by atoms with E-state index < -0.39 is 0 Å². The van der Waals surface area contributed by atoms with Gasteiger partial charge in [0.15, 0.2) is 0 Å². The van der Waals surface area contributed by atoms with Crippen LogP contribution >= 0.6 is 0 Å². The van der Waals surface area contributed by atoms with Crippen molar-refractivity contribution in [2.24, 2.45) is 0 Å².